The fraction of sp³-hybridized carbons (Fsp3) is 0.366. The fourth-order valence-corrected chi connectivity index (χ4v) is 6.89. The van der Waals surface area contributed by atoms with Gasteiger partial charge in [-0.2, -0.15) is 0 Å². The molecule has 1 fully saturated rings. The molecule has 1 radical (unpaired) electrons. The smallest absolute Gasteiger partial charge is 0.188 e. The molecule has 2 heterocycles. The maximum Gasteiger partial charge on any atom is 0.188 e. The molecule has 2 aliphatic rings. The third kappa shape index (κ3) is 7.53. The van der Waals surface area contributed by atoms with E-state index in [2.05, 4.69) is 94.4 Å². The van der Waals surface area contributed by atoms with Crippen LogP contribution >= 0.6 is 0 Å². The molecule has 0 spiro atoms. The fourth-order valence-electron chi connectivity index (χ4n) is 6.89. The number of methoxy groups -OCH3 is 1. The zero-order valence-corrected chi connectivity index (χ0v) is 31.2. The van der Waals surface area contributed by atoms with Crippen molar-refractivity contribution >= 4 is 0 Å². The van der Waals surface area contributed by atoms with Crippen LogP contribution in [0.5, 0.6) is 5.75 Å². The topological polar surface area (TPSA) is 79.2 Å². The zero-order chi connectivity index (χ0) is 33.2. The summed E-state index contributed by atoms with van der Waals surface area (Å²) in [6.45, 7) is 9.75. The number of benzene rings is 3. The van der Waals surface area contributed by atoms with E-state index in [1.165, 1.54) is 41.5 Å². The molecule has 0 N–H and O–H groups in total. The summed E-state index contributed by atoms with van der Waals surface area (Å²) in [6, 6.07) is 26.8. The first-order chi connectivity index (χ1) is 23.4. The minimum absolute atomic E-state index is 0. The van der Waals surface area contributed by atoms with Crippen LogP contribution in [0.1, 0.15) is 92.9 Å². The second-order valence-corrected chi connectivity index (χ2v) is 13.6. The van der Waals surface area contributed by atoms with Gasteiger partial charge >= 0.3 is 0 Å². The van der Waals surface area contributed by atoms with Crippen molar-refractivity contribution in [2.24, 2.45) is 0 Å². The van der Waals surface area contributed by atoms with Gasteiger partial charge in [0.1, 0.15) is 5.75 Å². The molecular formula is C41H43IrN4O3-. The van der Waals surface area contributed by atoms with Crippen LogP contribution in [-0.2, 0) is 29.6 Å². The Kier molecular flexibility index (Phi) is 11.0. The summed E-state index contributed by atoms with van der Waals surface area (Å²) < 4.78 is 17.1. The third-order valence-corrected chi connectivity index (χ3v) is 9.73. The monoisotopic (exact) mass is 832 g/mol. The maximum absolute atomic E-state index is 6.25. The minimum Gasteiger partial charge on any atom is -0.475 e. The van der Waals surface area contributed by atoms with Gasteiger partial charge in [0.15, 0.2) is 24.3 Å². The Morgan fingerprint density at radius 1 is 0.735 bits per heavy atom. The van der Waals surface area contributed by atoms with E-state index in [9.17, 15) is 0 Å². The van der Waals surface area contributed by atoms with E-state index in [0.29, 0.717) is 60.1 Å². The molecule has 0 saturated heterocycles. The molecule has 2 aromatic heterocycles. The average Bonchev–Trinajstić information content (AvgIpc) is 3.74. The number of rotatable bonds is 12. The van der Waals surface area contributed by atoms with Crippen LogP contribution in [0.15, 0.2) is 72.9 Å². The molecular weight excluding hydrogens is 789 g/mol. The summed E-state index contributed by atoms with van der Waals surface area (Å²) in [5, 5.41) is 0. The van der Waals surface area contributed by atoms with Gasteiger partial charge in [0.05, 0.1) is 13.2 Å². The SMILES string of the molecule is COCCOCOc1cc(-c2nc(-c3ccc(C(C)C)cc3)nc(-c3ccc(C(C)C)cc3)n2)cnc1-c1[c-]cc2c(c1)C1CCC2C1.[Ir]. The van der Waals surface area contributed by atoms with Gasteiger partial charge in [-0.15, -0.1) is 34.9 Å². The molecule has 7 nitrogen and oxygen atoms in total. The number of fused-ring (bicyclic) bond motifs is 5. The summed E-state index contributed by atoms with van der Waals surface area (Å²) in [5.74, 6) is 4.50. The quantitative estimate of drug-likeness (QED) is 0.0705. The molecule has 8 heteroatoms. The summed E-state index contributed by atoms with van der Waals surface area (Å²) in [6.07, 6.45) is 5.62. The predicted molar refractivity (Wildman–Crippen MR) is 189 cm³/mol. The molecule has 1 saturated carbocycles. The second-order valence-electron chi connectivity index (χ2n) is 13.6. The Morgan fingerprint density at radius 2 is 1.31 bits per heavy atom. The molecule has 3 aromatic carbocycles. The number of hydrogen-bond acceptors (Lipinski definition) is 7. The molecule has 255 valence electrons. The van der Waals surface area contributed by atoms with E-state index in [4.69, 9.17) is 34.1 Å². The predicted octanol–water partition coefficient (Wildman–Crippen LogP) is 9.34. The summed E-state index contributed by atoms with van der Waals surface area (Å²) in [7, 11) is 1.65. The first-order valence-electron chi connectivity index (χ1n) is 17.1. The third-order valence-electron chi connectivity index (χ3n) is 9.73. The normalized spacial score (nSPS) is 16.2. The Balaban J connectivity index is 0.00000417. The number of pyridine rings is 1. The Bertz CT molecular complexity index is 1820. The number of nitrogens with zero attached hydrogens (tertiary/aromatic N) is 4. The van der Waals surface area contributed by atoms with E-state index in [1.807, 2.05) is 12.3 Å². The Morgan fingerprint density at radius 3 is 1.88 bits per heavy atom. The van der Waals surface area contributed by atoms with Gasteiger partial charge in [-0.05, 0) is 53.7 Å². The summed E-state index contributed by atoms with van der Waals surface area (Å²) >= 11 is 0. The molecule has 5 aromatic rings. The van der Waals surface area contributed by atoms with E-state index < -0.39 is 0 Å². The molecule has 2 unspecified atom stereocenters. The molecule has 2 aliphatic carbocycles. The van der Waals surface area contributed by atoms with Crippen LogP contribution < -0.4 is 4.74 Å². The zero-order valence-electron chi connectivity index (χ0n) is 28.8. The van der Waals surface area contributed by atoms with Crippen molar-refractivity contribution in [2.45, 2.75) is 70.6 Å². The van der Waals surface area contributed by atoms with Crippen LogP contribution in [0.3, 0.4) is 0 Å². The molecule has 2 bridgehead atoms. The number of aromatic nitrogens is 4. The van der Waals surface area contributed by atoms with Gasteiger partial charge in [0.25, 0.3) is 0 Å². The van der Waals surface area contributed by atoms with Crippen molar-refractivity contribution in [1.82, 2.24) is 19.9 Å². The van der Waals surface area contributed by atoms with Crippen molar-refractivity contribution in [3.8, 4) is 51.2 Å². The van der Waals surface area contributed by atoms with Gasteiger partial charge in [-0.3, -0.25) is 0 Å². The summed E-state index contributed by atoms with van der Waals surface area (Å²) in [4.78, 5) is 19.9. The Labute approximate surface area is 303 Å². The number of hydrogen-bond donors (Lipinski definition) is 0. The van der Waals surface area contributed by atoms with Crippen molar-refractivity contribution < 1.29 is 34.3 Å². The van der Waals surface area contributed by atoms with Crippen LogP contribution in [-0.4, -0.2) is 47.1 Å². The molecule has 49 heavy (non-hydrogen) atoms. The van der Waals surface area contributed by atoms with Crippen molar-refractivity contribution in [3.05, 3.63) is 101 Å². The second kappa shape index (κ2) is 15.4. The van der Waals surface area contributed by atoms with Crippen molar-refractivity contribution in [2.75, 3.05) is 27.1 Å². The van der Waals surface area contributed by atoms with E-state index in [0.717, 1.165) is 27.9 Å². The van der Waals surface area contributed by atoms with Crippen LogP contribution in [0.4, 0.5) is 0 Å². The van der Waals surface area contributed by atoms with Gasteiger partial charge in [-0.1, -0.05) is 82.6 Å². The Hall–Kier alpha value is -3.81. The van der Waals surface area contributed by atoms with E-state index >= 15 is 0 Å². The number of ether oxygens (including phenoxy) is 3. The molecule has 7 rings (SSSR count). The molecule has 0 amide bonds. The van der Waals surface area contributed by atoms with Crippen molar-refractivity contribution in [1.29, 1.82) is 0 Å². The van der Waals surface area contributed by atoms with E-state index in [-0.39, 0.29) is 26.9 Å². The summed E-state index contributed by atoms with van der Waals surface area (Å²) in [5.41, 5.74) is 9.65. The van der Waals surface area contributed by atoms with Crippen LogP contribution in [0.25, 0.3) is 45.4 Å². The first-order valence-corrected chi connectivity index (χ1v) is 17.1. The van der Waals surface area contributed by atoms with Gasteiger partial charge in [-0.25, -0.2) is 15.0 Å². The van der Waals surface area contributed by atoms with Crippen LogP contribution in [0, 0.1) is 6.07 Å². The maximum atomic E-state index is 6.25. The van der Waals surface area contributed by atoms with Gasteiger partial charge < -0.3 is 19.2 Å². The standard InChI is InChI=1S/C41H43N4O3.Ir/c1-25(2)27-6-10-29(11-7-27)39-43-40(30-12-8-28(9-13-30)26(3)4)45-41(44-39)34-22-37(48-24-47-19-18-46-5)38(42-23-34)33-16-17-35-31-14-15-32(20-31)36(35)21-33;/h6-13,17,21-23,25-26,31-32H,14-15,18-20,24H2,1-5H3;/q-1;. The van der Waals surface area contributed by atoms with Gasteiger partial charge in [0, 0.05) is 55.8 Å². The largest absolute Gasteiger partial charge is 0.475 e. The molecule has 2 atom stereocenters. The van der Waals surface area contributed by atoms with Crippen LogP contribution in [0.2, 0.25) is 0 Å². The first kappa shape index (κ1) is 35.0. The van der Waals surface area contributed by atoms with E-state index in [1.54, 1.807) is 7.11 Å². The molecule has 0 aliphatic heterocycles. The van der Waals surface area contributed by atoms with Crippen molar-refractivity contribution in [3.63, 3.8) is 0 Å². The van der Waals surface area contributed by atoms with Gasteiger partial charge in [0.2, 0.25) is 0 Å². The average molecular weight is 832 g/mol. The minimum atomic E-state index is 0.